The van der Waals surface area contributed by atoms with Crippen LogP contribution in [0.15, 0.2) is 48.7 Å². The Morgan fingerprint density at radius 2 is 1.72 bits per heavy atom. The number of fused-ring (bicyclic) bond motifs is 1. The lowest BCUT2D eigenvalue weighted by Crippen LogP contribution is -2.22. The van der Waals surface area contributed by atoms with Crippen molar-refractivity contribution in [3.05, 3.63) is 59.8 Å². The van der Waals surface area contributed by atoms with Gasteiger partial charge < -0.3 is 10.1 Å². The van der Waals surface area contributed by atoms with Crippen molar-refractivity contribution in [1.82, 2.24) is 9.88 Å². The summed E-state index contributed by atoms with van der Waals surface area (Å²) in [5, 5.41) is 4.26. The highest BCUT2D eigenvalue weighted by molar-refractivity contribution is 5.94. The standard InChI is InChI=1S/C22H24F3N3O/c1-4-28(5-2)14-16-6-11-19-20(12-16)26-13-15(3)21(19)27-17-7-9-18(10-8-17)29-22(23,24)25/h6-13H,4-5,14H2,1-3H3,(H,26,27). The number of rotatable bonds is 7. The third-order valence-electron chi connectivity index (χ3n) is 4.78. The molecule has 0 saturated carbocycles. The fraction of sp³-hybridized carbons (Fsp3) is 0.318. The molecule has 1 N–H and O–H groups in total. The molecule has 0 aliphatic rings. The number of pyridine rings is 1. The van der Waals surface area contributed by atoms with Gasteiger partial charge in [0.25, 0.3) is 0 Å². The molecule has 0 fully saturated rings. The van der Waals surface area contributed by atoms with Gasteiger partial charge in [0.1, 0.15) is 5.75 Å². The second-order valence-electron chi connectivity index (χ2n) is 6.83. The van der Waals surface area contributed by atoms with E-state index < -0.39 is 6.36 Å². The van der Waals surface area contributed by atoms with Crippen LogP contribution in [0.3, 0.4) is 0 Å². The number of nitrogens with zero attached hydrogens (tertiary/aromatic N) is 2. The summed E-state index contributed by atoms with van der Waals surface area (Å²) in [5.41, 5.74) is 4.57. The van der Waals surface area contributed by atoms with Crippen molar-refractivity contribution in [3.8, 4) is 5.75 Å². The predicted octanol–water partition coefficient (Wildman–Crippen LogP) is 6.03. The van der Waals surface area contributed by atoms with E-state index in [1.54, 1.807) is 18.3 Å². The van der Waals surface area contributed by atoms with Gasteiger partial charge in [-0.05, 0) is 61.5 Å². The van der Waals surface area contributed by atoms with Crippen LogP contribution in [0.1, 0.15) is 25.0 Å². The summed E-state index contributed by atoms with van der Waals surface area (Å²) < 4.78 is 40.9. The fourth-order valence-corrected chi connectivity index (χ4v) is 3.19. The van der Waals surface area contributed by atoms with Crippen molar-refractivity contribution >= 4 is 22.3 Å². The fourth-order valence-electron chi connectivity index (χ4n) is 3.19. The van der Waals surface area contributed by atoms with Gasteiger partial charge in [0.2, 0.25) is 0 Å². The molecule has 1 heterocycles. The van der Waals surface area contributed by atoms with Crippen LogP contribution >= 0.6 is 0 Å². The van der Waals surface area contributed by atoms with Crippen molar-refractivity contribution in [1.29, 1.82) is 0 Å². The Morgan fingerprint density at radius 1 is 1.03 bits per heavy atom. The van der Waals surface area contributed by atoms with E-state index in [9.17, 15) is 13.2 Å². The Hall–Kier alpha value is -2.80. The molecular weight excluding hydrogens is 379 g/mol. The minimum Gasteiger partial charge on any atom is -0.406 e. The third kappa shape index (κ3) is 5.38. The molecule has 3 rings (SSSR count). The van der Waals surface area contributed by atoms with E-state index in [4.69, 9.17) is 0 Å². The van der Waals surface area contributed by atoms with Gasteiger partial charge in [0.15, 0.2) is 0 Å². The van der Waals surface area contributed by atoms with Crippen molar-refractivity contribution in [2.45, 2.75) is 33.7 Å². The molecule has 2 aromatic carbocycles. The topological polar surface area (TPSA) is 37.4 Å². The van der Waals surface area contributed by atoms with Crippen molar-refractivity contribution in [2.24, 2.45) is 0 Å². The number of alkyl halides is 3. The van der Waals surface area contributed by atoms with E-state index in [-0.39, 0.29) is 5.75 Å². The number of benzene rings is 2. The van der Waals surface area contributed by atoms with E-state index in [1.165, 1.54) is 17.7 Å². The minimum absolute atomic E-state index is 0.250. The number of hydrogen-bond donors (Lipinski definition) is 1. The monoisotopic (exact) mass is 403 g/mol. The molecule has 0 saturated heterocycles. The Morgan fingerprint density at radius 3 is 2.34 bits per heavy atom. The summed E-state index contributed by atoms with van der Waals surface area (Å²) in [5.74, 6) is -0.250. The zero-order chi connectivity index (χ0) is 21.0. The number of hydrogen-bond acceptors (Lipinski definition) is 4. The van der Waals surface area contributed by atoms with Gasteiger partial charge in [-0.25, -0.2) is 0 Å². The van der Waals surface area contributed by atoms with Crippen LogP contribution < -0.4 is 10.1 Å². The van der Waals surface area contributed by atoms with Crippen LogP contribution in [-0.4, -0.2) is 29.3 Å². The van der Waals surface area contributed by atoms with Gasteiger partial charge in [-0.3, -0.25) is 9.88 Å². The normalized spacial score (nSPS) is 11.8. The number of anilines is 2. The summed E-state index contributed by atoms with van der Waals surface area (Å²) in [6, 6.07) is 11.9. The summed E-state index contributed by atoms with van der Waals surface area (Å²) in [6.07, 6.45) is -2.90. The maximum absolute atomic E-state index is 12.3. The molecule has 0 amide bonds. The first-order valence-electron chi connectivity index (χ1n) is 9.52. The molecule has 0 radical (unpaired) electrons. The molecule has 0 aliphatic carbocycles. The highest BCUT2D eigenvalue weighted by Gasteiger charge is 2.30. The highest BCUT2D eigenvalue weighted by atomic mass is 19.4. The zero-order valence-corrected chi connectivity index (χ0v) is 16.7. The average Bonchev–Trinajstić information content (AvgIpc) is 2.68. The Bertz CT molecular complexity index is 967. The minimum atomic E-state index is -4.70. The predicted molar refractivity (Wildman–Crippen MR) is 110 cm³/mol. The van der Waals surface area contributed by atoms with Gasteiger partial charge in [0.05, 0.1) is 11.2 Å². The second kappa shape index (κ2) is 8.69. The van der Waals surface area contributed by atoms with E-state index in [1.807, 2.05) is 13.0 Å². The van der Waals surface area contributed by atoms with E-state index in [0.717, 1.165) is 41.8 Å². The molecule has 0 aliphatic heterocycles. The molecule has 0 atom stereocenters. The molecule has 3 aromatic rings. The molecule has 0 bridgehead atoms. The summed E-state index contributed by atoms with van der Waals surface area (Å²) in [6.45, 7) is 9.05. The first-order valence-corrected chi connectivity index (χ1v) is 9.52. The van der Waals surface area contributed by atoms with Crippen molar-refractivity contribution in [3.63, 3.8) is 0 Å². The van der Waals surface area contributed by atoms with Crippen LogP contribution in [0.5, 0.6) is 5.75 Å². The summed E-state index contributed by atoms with van der Waals surface area (Å²) >= 11 is 0. The van der Waals surface area contributed by atoms with Crippen LogP contribution in [0.25, 0.3) is 10.9 Å². The van der Waals surface area contributed by atoms with Crippen molar-refractivity contribution < 1.29 is 17.9 Å². The second-order valence-corrected chi connectivity index (χ2v) is 6.83. The quantitative estimate of drug-likeness (QED) is 0.523. The maximum Gasteiger partial charge on any atom is 0.573 e. The molecule has 4 nitrogen and oxygen atoms in total. The molecule has 154 valence electrons. The van der Waals surface area contributed by atoms with Crippen LogP contribution in [-0.2, 0) is 6.54 Å². The van der Waals surface area contributed by atoms with Gasteiger partial charge in [0, 0.05) is 23.8 Å². The molecular formula is C22H24F3N3O. The zero-order valence-electron chi connectivity index (χ0n) is 16.7. The number of aryl methyl sites for hydroxylation is 1. The van der Waals surface area contributed by atoms with E-state index in [0.29, 0.717) is 5.69 Å². The maximum atomic E-state index is 12.3. The smallest absolute Gasteiger partial charge is 0.406 e. The van der Waals surface area contributed by atoms with Gasteiger partial charge in [-0.15, -0.1) is 13.2 Å². The lowest BCUT2D eigenvalue weighted by Gasteiger charge is -2.19. The highest BCUT2D eigenvalue weighted by Crippen LogP contribution is 2.31. The summed E-state index contributed by atoms with van der Waals surface area (Å²) in [7, 11) is 0. The lowest BCUT2D eigenvalue weighted by molar-refractivity contribution is -0.274. The van der Waals surface area contributed by atoms with E-state index >= 15 is 0 Å². The lowest BCUT2D eigenvalue weighted by atomic mass is 10.1. The number of halogens is 3. The van der Waals surface area contributed by atoms with Crippen molar-refractivity contribution in [2.75, 3.05) is 18.4 Å². The Labute approximate surface area is 168 Å². The Balaban J connectivity index is 1.86. The number of aromatic nitrogens is 1. The third-order valence-corrected chi connectivity index (χ3v) is 4.78. The first-order chi connectivity index (χ1) is 13.8. The van der Waals surface area contributed by atoms with Gasteiger partial charge in [-0.1, -0.05) is 26.0 Å². The molecule has 0 unspecified atom stereocenters. The first kappa shape index (κ1) is 20.9. The molecule has 1 aromatic heterocycles. The SMILES string of the molecule is CCN(CC)Cc1ccc2c(Nc3ccc(OC(F)(F)F)cc3)c(C)cnc2c1. The van der Waals surface area contributed by atoms with Gasteiger partial charge in [-0.2, -0.15) is 0 Å². The van der Waals surface area contributed by atoms with Gasteiger partial charge >= 0.3 is 6.36 Å². The van der Waals surface area contributed by atoms with Crippen LogP contribution in [0.4, 0.5) is 24.5 Å². The largest absolute Gasteiger partial charge is 0.573 e. The Kier molecular flexibility index (Phi) is 6.27. The van der Waals surface area contributed by atoms with Crippen LogP contribution in [0, 0.1) is 6.92 Å². The van der Waals surface area contributed by atoms with Crippen LogP contribution in [0.2, 0.25) is 0 Å². The molecule has 29 heavy (non-hydrogen) atoms. The van der Waals surface area contributed by atoms with E-state index in [2.05, 4.69) is 45.9 Å². The average molecular weight is 403 g/mol. The molecule has 0 spiro atoms. The summed E-state index contributed by atoms with van der Waals surface area (Å²) in [4.78, 5) is 6.89. The number of nitrogens with one attached hydrogen (secondary N) is 1. The number of ether oxygens (including phenoxy) is 1. The molecule has 7 heteroatoms.